The summed E-state index contributed by atoms with van der Waals surface area (Å²) in [6, 6.07) is 0. The van der Waals surface area contributed by atoms with Crippen molar-refractivity contribution in [2.45, 2.75) is 66.7 Å². The molecule has 0 heterocycles. The Kier molecular flexibility index (Phi) is 4.83. The maximum atomic E-state index is 2.49. The van der Waals surface area contributed by atoms with Crippen molar-refractivity contribution in [3.63, 3.8) is 0 Å². The van der Waals surface area contributed by atoms with Gasteiger partial charge in [-0.3, -0.25) is 0 Å². The lowest BCUT2D eigenvalue weighted by Crippen LogP contribution is -2.05. The second-order valence-electron chi connectivity index (χ2n) is 5.53. The molecule has 0 aromatic heterocycles. The molecule has 0 unspecified atom stereocenters. The molecule has 1 fully saturated rings. The molecule has 0 aliphatic heterocycles. The van der Waals surface area contributed by atoms with Gasteiger partial charge in [0.25, 0.3) is 0 Å². The molecule has 92 valence electrons. The van der Waals surface area contributed by atoms with Crippen molar-refractivity contribution in [3.8, 4) is 0 Å². The fourth-order valence-electron chi connectivity index (χ4n) is 2.18. The van der Waals surface area contributed by atoms with Crippen LogP contribution in [-0.4, -0.2) is 0 Å². The lowest BCUT2D eigenvalue weighted by molar-refractivity contribution is 0.453. The molecule has 0 bridgehead atoms. The first-order chi connectivity index (χ1) is 7.61. The van der Waals surface area contributed by atoms with Crippen molar-refractivity contribution in [2.24, 2.45) is 11.3 Å². The third-order valence-corrected chi connectivity index (χ3v) is 4.02. The molecule has 2 rings (SSSR count). The van der Waals surface area contributed by atoms with Crippen LogP contribution in [0, 0.1) is 11.3 Å². The molecule has 1 spiro atoms. The number of rotatable bonds is 2. The molecular formula is C16H28. The molecule has 0 heteroatoms. The Morgan fingerprint density at radius 3 is 2.25 bits per heavy atom. The highest BCUT2D eigenvalue weighted by atomic mass is 14.5. The van der Waals surface area contributed by atoms with Crippen molar-refractivity contribution < 1.29 is 0 Å². The fraction of sp³-hybridized carbons (Fsp3) is 0.750. The maximum Gasteiger partial charge on any atom is -0.0259 e. The van der Waals surface area contributed by atoms with Gasteiger partial charge in [-0.25, -0.2) is 0 Å². The van der Waals surface area contributed by atoms with Crippen LogP contribution in [0.4, 0.5) is 0 Å². The van der Waals surface area contributed by atoms with Gasteiger partial charge in [0.05, 0.1) is 0 Å². The van der Waals surface area contributed by atoms with Gasteiger partial charge in [-0.2, -0.15) is 0 Å². The summed E-state index contributed by atoms with van der Waals surface area (Å²) in [5.74, 6) is 0.702. The van der Waals surface area contributed by atoms with Crippen molar-refractivity contribution in [1.82, 2.24) is 0 Å². The van der Waals surface area contributed by atoms with E-state index in [9.17, 15) is 0 Å². The lowest BCUT2D eigenvalue weighted by atomic mass is 9.86. The lowest BCUT2D eigenvalue weighted by Gasteiger charge is -2.20. The summed E-state index contributed by atoms with van der Waals surface area (Å²) in [5.41, 5.74) is 3.90. The smallest absolute Gasteiger partial charge is 0.0259 e. The van der Waals surface area contributed by atoms with Gasteiger partial charge in [0, 0.05) is 0 Å². The van der Waals surface area contributed by atoms with Crippen LogP contribution >= 0.6 is 0 Å². The Labute approximate surface area is 102 Å². The third kappa shape index (κ3) is 3.50. The van der Waals surface area contributed by atoms with Gasteiger partial charge < -0.3 is 0 Å². The van der Waals surface area contributed by atoms with Crippen LogP contribution in [0.15, 0.2) is 23.3 Å². The zero-order chi connectivity index (χ0) is 12.2. The first-order valence-electron chi connectivity index (χ1n) is 6.99. The Morgan fingerprint density at radius 1 is 1.25 bits per heavy atom. The van der Waals surface area contributed by atoms with Gasteiger partial charge in [0.2, 0.25) is 0 Å². The Balaban J connectivity index is 0.000000606. The van der Waals surface area contributed by atoms with Crippen LogP contribution in [0.25, 0.3) is 0 Å². The van der Waals surface area contributed by atoms with Crippen LogP contribution in [0.5, 0.6) is 0 Å². The average Bonchev–Trinajstić information content (AvgIpc) is 3.05. The zero-order valence-electron chi connectivity index (χ0n) is 11.8. The molecule has 0 saturated heterocycles. The van der Waals surface area contributed by atoms with Gasteiger partial charge in [-0.05, 0) is 50.4 Å². The summed E-state index contributed by atoms with van der Waals surface area (Å²) in [4.78, 5) is 0. The van der Waals surface area contributed by atoms with E-state index in [0.717, 1.165) is 5.41 Å². The van der Waals surface area contributed by atoms with Gasteiger partial charge in [0.1, 0.15) is 0 Å². The summed E-state index contributed by atoms with van der Waals surface area (Å²) < 4.78 is 0. The average molecular weight is 220 g/mol. The maximum absolute atomic E-state index is 2.49. The van der Waals surface area contributed by atoms with Crippen molar-refractivity contribution in [3.05, 3.63) is 23.3 Å². The summed E-state index contributed by atoms with van der Waals surface area (Å²) in [6.07, 6.45) is 12.0. The predicted octanol–water partition coefficient (Wildman–Crippen LogP) is 5.51. The van der Waals surface area contributed by atoms with Crippen molar-refractivity contribution in [2.75, 3.05) is 0 Å². The van der Waals surface area contributed by atoms with Crippen LogP contribution in [0.3, 0.4) is 0 Å². The van der Waals surface area contributed by atoms with Gasteiger partial charge in [0.15, 0.2) is 0 Å². The molecule has 1 saturated carbocycles. The van der Waals surface area contributed by atoms with Crippen LogP contribution in [0.1, 0.15) is 66.7 Å². The van der Waals surface area contributed by atoms with Gasteiger partial charge in [-0.1, -0.05) is 51.0 Å². The topological polar surface area (TPSA) is 0 Å². The van der Waals surface area contributed by atoms with E-state index < -0.39 is 0 Å². The highest BCUT2D eigenvalue weighted by molar-refractivity contribution is 5.27. The molecule has 0 aromatic carbocycles. The van der Waals surface area contributed by atoms with E-state index in [1.165, 1.54) is 37.7 Å². The van der Waals surface area contributed by atoms with E-state index in [0.29, 0.717) is 5.92 Å². The molecule has 0 N–H and O–H groups in total. The molecule has 0 aromatic rings. The van der Waals surface area contributed by atoms with Crippen molar-refractivity contribution >= 4 is 0 Å². The fourth-order valence-corrected chi connectivity index (χ4v) is 2.18. The monoisotopic (exact) mass is 220 g/mol. The normalized spacial score (nSPS) is 22.6. The summed E-state index contributed by atoms with van der Waals surface area (Å²) >= 11 is 0. The first-order valence-corrected chi connectivity index (χ1v) is 6.99. The van der Waals surface area contributed by atoms with E-state index in [1.54, 1.807) is 5.57 Å². The second-order valence-corrected chi connectivity index (χ2v) is 5.53. The van der Waals surface area contributed by atoms with E-state index in [1.807, 2.05) is 13.8 Å². The molecule has 0 amide bonds. The minimum absolute atomic E-state index is 0.702. The molecule has 16 heavy (non-hydrogen) atoms. The Morgan fingerprint density at radius 2 is 1.88 bits per heavy atom. The number of hydrogen-bond donors (Lipinski definition) is 0. The SMILES string of the molecule is C/C(=C\C1=CCC2(CC1)CC2)C(C)C.CC. The molecule has 0 nitrogen and oxygen atoms in total. The van der Waals surface area contributed by atoms with E-state index >= 15 is 0 Å². The Bertz CT molecular complexity index is 274. The van der Waals surface area contributed by atoms with Crippen molar-refractivity contribution in [1.29, 1.82) is 0 Å². The molecule has 0 atom stereocenters. The molecule has 0 radical (unpaired) electrons. The first kappa shape index (κ1) is 13.5. The third-order valence-electron chi connectivity index (χ3n) is 4.02. The molecule has 2 aliphatic carbocycles. The van der Waals surface area contributed by atoms with Crippen LogP contribution in [-0.2, 0) is 0 Å². The molecular weight excluding hydrogens is 192 g/mol. The quantitative estimate of drug-likeness (QED) is 0.576. The second kappa shape index (κ2) is 5.70. The van der Waals surface area contributed by atoms with Gasteiger partial charge in [-0.15, -0.1) is 0 Å². The predicted molar refractivity (Wildman–Crippen MR) is 73.5 cm³/mol. The zero-order valence-corrected chi connectivity index (χ0v) is 11.8. The van der Waals surface area contributed by atoms with E-state index in [2.05, 4.69) is 32.9 Å². The highest BCUT2D eigenvalue weighted by Crippen LogP contribution is 2.55. The standard InChI is InChI=1S/C14H22.C2H6/c1-11(2)12(3)10-13-4-6-14(7-5-13)8-9-14;1-2/h4,10-11H,5-9H2,1-3H3;1-2H3/b12-10+;. The van der Waals surface area contributed by atoms with Crippen LogP contribution in [0.2, 0.25) is 0 Å². The van der Waals surface area contributed by atoms with Crippen LogP contribution < -0.4 is 0 Å². The largest absolute Gasteiger partial charge is 0.0808 e. The number of allylic oxidation sites excluding steroid dienone is 4. The Hall–Kier alpha value is -0.520. The van der Waals surface area contributed by atoms with Gasteiger partial charge >= 0.3 is 0 Å². The summed E-state index contributed by atoms with van der Waals surface area (Å²) in [5, 5.41) is 0. The van der Waals surface area contributed by atoms with E-state index in [-0.39, 0.29) is 0 Å². The molecule has 2 aliphatic rings. The highest BCUT2D eigenvalue weighted by Gasteiger charge is 2.42. The minimum atomic E-state index is 0.702. The summed E-state index contributed by atoms with van der Waals surface area (Å²) in [7, 11) is 0. The number of hydrogen-bond acceptors (Lipinski definition) is 0. The summed E-state index contributed by atoms with van der Waals surface area (Å²) in [6.45, 7) is 10.8. The minimum Gasteiger partial charge on any atom is -0.0808 e. The van der Waals surface area contributed by atoms with E-state index in [4.69, 9.17) is 0 Å².